The van der Waals surface area contributed by atoms with Crippen LogP contribution >= 0.6 is 0 Å². The number of benzene rings is 1. The van der Waals surface area contributed by atoms with Gasteiger partial charge in [-0.15, -0.1) is 0 Å². The number of ether oxygens (including phenoxy) is 1. The van der Waals surface area contributed by atoms with Gasteiger partial charge in [0.05, 0.1) is 7.11 Å². The highest BCUT2D eigenvalue weighted by molar-refractivity contribution is 5.83. The largest absolute Gasteiger partial charge is 0.496 e. The number of methoxy groups -OCH3 is 1. The molecule has 0 fully saturated rings. The van der Waals surface area contributed by atoms with Crippen molar-refractivity contribution in [3.8, 4) is 5.75 Å². The first-order valence-electron chi connectivity index (χ1n) is 4.71. The first-order valence-corrected chi connectivity index (χ1v) is 4.71. The van der Waals surface area contributed by atoms with E-state index < -0.39 is 0 Å². The summed E-state index contributed by atoms with van der Waals surface area (Å²) in [5, 5.41) is 0.922. The van der Waals surface area contributed by atoms with Gasteiger partial charge in [0.2, 0.25) is 0 Å². The van der Waals surface area contributed by atoms with Crippen LogP contribution in [0, 0.1) is 13.8 Å². The fourth-order valence-electron chi connectivity index (χ4n) is 1.85. The van der Waals surface area contributed by atoms with Crippen LogP contribution in [0.1, 0.15) is 11.1 Å². The second-order valence-corrected chi connectivity index (χ2v) is 3.52. The van der Waals surface area contributed by atoms with Crippen molar-refractivity contribution in [1.82, 2.24) is 0 Å². The summed E-state index contributed by atoms with van der Waals surface area (Å²) in [5.41, 5.74) is 2.17. The number of hydrogen-bond acceptors (Lipinski definition) is 3. The van der Waals surface area contributed by atoms with E-state index in [0.29, 0.717) is 5.58 Å². The smallest absolute Gasteiger partial charge is 0.336 e. The fourth-order valence-corrected chi connectivity index (χ4v) is 1.85. The Bertz CT molecular complexity index is 567. The zero-order valence-corrected chi connectivity index (χ0v) is 8.96. The van der Waals surface area contributed by atoms with Crippen molar-refractivity contribution in [3.05, 3.63) is 39.7 Å². The van der Waals surface area contributed by atoms with Gasteiger partial charge in [-0.25, -0.2) is 4.79 Å². The first kappa shape index (κ1) is 9.77. The average molecular weight is 204 g/mol. The lowest BCUT2D eigenvalue weighted by atomic mass is 10.1. The van der Waals surface area contributed by atoms with Crippen LogP contribution in [0.2, 0.25) is 0 Å². The van der Waals surface area contributed by atoms with E-state index in [9.17, 15) is 4.79 Å². The molecule has 1 heterocycles. The van der Waals surface area contributed by atoms with E-state index in [-0.39, 0.29) is 5.63 Å². The third-order valence-electron chi connectivity index (χ3n) is 2.48. The van der Waals surface area contributed by atoms with Gasteiger partial charge in [0.15, 0.2) is 0 Å². The van der Waals surface area contributed by atoms with E-state index in [1.54, 1.807) is 13.2 Å². The summed E-state index contributed by atoms with van der Waals surface area (Å²) >= 11 is 0. The molecule has 78 valence electrons. The van der Waals surface area contributed by atoms with Gasteiger partial charge in [0.1, 0.15) is 11.3 Å². The normalized spacial score (nSPS) is 10.6. The predicted octanol–water partition coefficient (Wildman–Crippen LogP) is 2.42. The second kappa shape index (κ2) is 3.42. The van der Waals surface area contributed by atoms with Gasteiger partial charge in [-0.3, -0.25) is 0 Å². The highest BCUT2D eigenvalue weighted by Gasteiger charge is 2.09. The van der Waals surface area contributed by atoms with E-state index in [4.69, 9.17) is 9.15 Å². The first-order chi connectivity index (χ1) is 7.13. The van der Waals surface area contributed by atoms with Crippen LogP contribution in [-0.4, -0.2) is 7.11 Å². The molecule has 1 aromatic heterocycles. The zero-order valence-electron chi connectivity index (χ0n) is 8.96. The van der Waals surface area contributed by atoms with Crippen molar-refractivity contribution in [2.75, 3.05) is 7.11 Å². The Hall–Kier alpha value is -1.77. The molecule has 0 atom stereocenters. The van der Waals surface area contributed by atoms with Crippen molar-refractivity contribution in [3.63, 3.8) is 0 Å². The van der Waals surface area contributed by atoms with E-state index in [1.165, 1.54) is 6.07 Å². The molecule has 0 aliphatic rings. The van der Waals surface area contributed by atoms with Crippen LogP contribution in [0.15, 0.2) is 27.4 Å². The Morgan fingerprint density at radius 2 is 2.00 bits per heavy atom. The van der Waals surface area contributed by atoms with E-state index >= 15 is 0 Å². The Morgan fingerprint density at radius 1 is 1.27 bits per heavy atom. The van der Waals surface area contributed by atoms with Crippen LogP contribution < -0.4 is 10.4 Å². The van der Waals surface area contributed by atoms with Crippen LogP contribution in [0.25, 0.3) is 11.0 Å². The van der Waals surface area contributed by atoms with Gasteiger partial charge in [-0.2, -0.15) is 0 Å². The molecular formula is C12H12O3. The predicted molar refractivity (Wildman–Crippen MR) is 58.5 cm³/mol. The minimum absolute atomic E-state index is 0.337. The van der Waals surface area contributed by atoms with Crippen LogP contribution in [0.4, 0.5) is 0 Å². The van der Waals surface area contributed by atoms with Crippen LogP contribution in [0.5, 0.6) is 5.75 Å². The molecule has 0 aliphatic carbocycles. The summed E-state index contributed by atoms with van der Waals surface area (Å²) in [6, 6.07) is 5.14. The molecule has 0 saturated heterocycles. The summed E-state index contributed by atoms with van der Waals surface area (Å²) < 4.78 is 10.4. The zero-order chi connectivity index (χ0) is 11.0. The van der Waals surface area contributed by atoms with E-state index in [1.807, 2.05) is 19.9 Å². The minimum Gasteiger partial charge on any atom is -0.496 e. The standard InChI is InChI=1S/C12H12O3/c1-7-6-9-4-5-10(13)15-12(9)8(2)11(7)14-3/h4-6H,1-3H3. The van der Waals surface area contributed by atoms with Crippen molar-refractivity contribution in [1.29, 1.82) is 0 Å². The molecule has 3 heteroatoms. The number of rotatable bonds is 1. The molecular weight excluding hydrogens is 192 g/mol. The number of aryl methyl sites for hydroxylation is 2. The van der Waals surface area contributed by atoms with E-state index in [2.05, 4.69) is 0 Å². The monoisotopic (exact) mass is 204 g/mol. The Balaban J connectivity index is 2.92. The molecule has 2 aromatic rings. The SMILES string of the molecule is COc1c(C)cc2ccc(=O)oc2c1C. The molecule has 3 nitrogen and oxygen atoms in total. The molecule has 15 heavy (non-hydrogen) atoms. The quantitative estimate of drug-likeness (QED) is 0.669. The molecule has 0 aliphatic heterocycles. The Morgan fingerprint density at radius 3 is 2.67 bits per heavy atom. The van der Waals surface area contributed by atoms with Gasteiger partial charge < -0.3 is 9.15 Å². The van der Waals surface area contributed by atoms with Gasteiger partial charge in [0, 0.05) is 17.0 Å². The maximum absolute atomic E-state index is 11.1. The Kier molecular flexibility index (Phi) is 2.23. The highest BCUT2D eigenvalue weighted by atomic mass is 16.5. The van der Waals surface area contributed by atoms with Gasteiger partial charge in [-0.05, 0) is 31.5 Å². The molecule has 0 saturated carbocycles. The van der Waals surface area contributed by atoms with Gasteiger partial charge in [-0.1, -0.05) is 0 Å². The summed E-state index contributed by atoms with van der Waals surface area (Å²) in [6.07, 6.45) is 0. The topological polar surface area (TPSA) is 39.4 Å². The van der Waals surface area contributed by atoms with E-state index in [0.717, 1.165) is 22.3 Å². The molecule has 0 unspecified atom stereocenters. The van der Waals surface area contributed by atoms with Crippen molar-refractivity contribution >= 4 is 11.0 Å². The third-order valence-corrected chi connectivity index (χ3v) is 2.48. The lowest BCUT2D eigenvalue weighted by Crippen LogP contribution is -1.98. The number of fused-ring (bicyclic) bond motifs is 1. The van der Waals surface area contributed by atoms with Crippen LogP contribution in [0.3, 0.4) is 0 Å². The molecule has 0 bridgehead atoms. The summed E-state index contributed by atoms with van der Waals surface area (Å²) in [6.45, 7) is 3.85. The molecule has 0 N–H and O–H groups in total. The van der Waals surface area contributed by atoms with Gasteiger partial charge >= 0.3 is 5.63 Å². The maximum atomic E-state index is 11.1. The van der Waals surface area contributed by atoms with Crippen molar-refractivity contribution < 1.29 is 9.15 Å². The maximum Gasteiger partial charge on any atom is 0.336 e. The molecule has 0 spiro atoms. The molecule has 1 aromatic carbocycles. The summed E-state index contributed by atoms with van der Waals surface area (Å²) in [7, 11) is 1.61. The lowest BCUT2D eigenvalue weighted by Gasteiger charge is -2.09. The minimum atomic E-state index is -0.337. The fraction of sp³-hybridized carbons (Fsp3) is 0.250. The summed E-state index contributed by atoms with van der Waals surface area (Å²) in [5.74, 6) is 0.775. The third kappa shape index (κ3) is 1.50. The molecule has 0 amide bonds. The lowest BCUT2D eigenvalue weighted by molar-refractivity contribution is 0.407. The molecule has 0 radical (unpaired) electrons. The second-order valence-electron chi connectivity index (χ2n) is 3.52. The highest BCUT2D eigenvalue weighted by Crippen LogP contribution is 2.29. The van der Waals surface area contributed by atoms with Crippen molar-refractivity contribution in [2.45, 2.75) is 13.8 Å². The van der Waals surface area contributed by atoms with Gasteiger partial charge in [0.25, 0.3) is 0 Å². The molecule has 2 rings (SSSR count). The van der Waals surface area contributed by atoms with Crippen molar-refractivity contribution in [2.24, 2.45) is 0 Å². The Labute approximate surface area is 87.3 Å². The van der Waals surface area contributed by atoms with Crippen LogP contribution in [-0.2, 0) is 0 Å². The number of hydrogen-bond donors (Lipinski definition) is 0. The average Bonchev–Trinajstić information content (AvgIpc) is 2.20. The summed E-state index contributed by atoms with van der Waals surface area (Å²) in [4.78, 5) is 11.1.